The minimum Gasteiger partial charge on any atom is -0.476 e. The third-order valence-corrected chi connectivity index (χ3v) is 3.68. The van der Waals surface area contributed by atoms with Gasteiger partial charge in [-0.15, -0.1) is 0 Å². The minimum atomic E-state index is -0.149. The highest BCUT2D eigenvalue weighted by Crippen LogP contribution is 2.23. The van der Waals surface area contributed by atoms with Crippen molar-refractivity contribution >= 4 is 10.9 Å². The van der Waals surface area contributed by atoms with Crippen LogP contribution >= 0.6 is 0 Å². The molecule has 0 atom stereocenters. The predicted molar refractivity (Wildman–Crippen MR) is 87.9 cm³/mol. The molecule has 0 spiro atoms. The number of rotatable bonds is 3. The molecular weight excluding hydrogens is 290 g/mol. The molecule has 0 fully saturated rings. The fourth-order valence-electron chi connectivity index (χ4n) is 2.61. The van der Waals surface area contributed by atoms with Crippen molar-refractivity contribution in [2.75, 3.05) is 6.61 Å². The molecule has 0 amide bonds. The van der Waals surface area contributed by atoms with Crippen LogP contribution in [-0.2, 0) is 0 Å². The number of para-hydroxylation sites is 2. The molecule has 1 aromatic heterocycles. The maximum absolute atomic E-state index is 12.9. The monoisotopic (exact) mass is 305 g/mol. The molecule has 5 nitrogen and oxygen atoms in total. The van der Waals surface area contributed by atoms with Crippen LogP contribution in [0.5, 0.6) is 5.75 Å². The number of hydrogen-bond donors (Lipinski definition) is 0. The largest absolute Gasteiger partial charge is 0.476 e. The number of nitrogens with zero attached hydrogens (tertiary/aromatic N) is 3. The summed E-state index contributed by atoms with van der Waals surface area (Å²) in [6, 6.07) is 14.8. The molecule has 114 valence electrons. The van der Waals surface area contributed by atoms with Gasteiger partial charge in [0.05, 0.1) is 11.1 Å². The molecule has 0 aliphatic rings. The standard InChI is InChI=1S/C18H15N3O2/c1-12-6-3-4-8-15(12)21-13(2)20-17-14(18(21)22)7-5-9-16(17)23-11-10-19/h3-9H,11H2,1-2H3. The maximum Gasteiger partial charge on any atom is 0.266 e. The van der Waals surface area contributed by atoms with Crippen LogP contribution in [0.3, 0.4) is 0 Å². The van der Waals surface area contributed by atoms with Gasteiger partial charge in [0.25, 0.3) is 5.56 Å². The van der Waals surface area contributed by atoms with Gasteiger partial charge < -0.3 is 4.74 Å². The zero-order valence-corrected chi connectivity index (χ0v) is 12.9. The Kier molecular flexibility index (Phi) is 3.82. The van der Waals surface area contributed by atoms with Gasteiger partial charge in [0.2, 0.25) is 0 Å². The fourth-order valence-corrected chi connectivity index (χ4v) is 2.61. The van der Waals surface area contributed by atoms with E-state index in [2.05, 4.69) is 4.98 Å². The molecular formula is C18H15N3O2. The third kappa shape index (κ3) is 2.55. The number of aromatic nitrogens is 2. The third-order valence-electron chi connectivity index (χ3n) is 3.68. The van der Waals surface area contributed by atoms with Crippen molar-refractivity contribution in [2.45, 2.75) is 13.8 Å². The highest BCUT2D eigenvalue weighted by Gasteiger charge is 2.14. The van der Waals surface area contributed by atoms with Gasteiger partial charge in [-0.2, -0.15) is 5.26 Å². The molecule has 3 rings (SSSR count). The van der Waals surface area contributed by atoms with E-state index in [1.54, 1.807) is 29.7 Å². The molecule has 0 radical (unpaired) electrons. The van der Waals surface area contributed by atoms with Crippen LogP contribution in [0.4, 0.5) is 0 Å². The van der Waals surface area contributed by atoms with Crippen molar-refractivity contribution in [1.82, 2.24) is 9.55 Å². The van der Waals surface area contributed by atoms with Gasteiger partial charge in [0.1, 0.15) is 23.2 Å². The minimum absolute atomic E-state index is 0.0826. The molecule has 0 saturated carbocycles. The quantitative estimate of drug-likeness (QED) is 0.746. The summed E-state index contributed by atoms with van der Waals surface area (Å²) in [5.74, 6) is 1.02. The lowest BCUT2D eigenvalue weighted by atomic mass is 10.1. The average molecular weight is 305 g/mol. The fraction of sp³-hybridized carbons (Fsp3) is 0.167. The van der Waals surface area contributed by atoms with Crippen LogP contribution in [0.1, 0.15) is 11.4 Å². The molecule has 0 N–H and O–H groups in total. The van der Waals surface area contributed by atoms with Crippen LogP contribution in [0.25, 0.3) is 16.6 Å². The molecule has 1 heterocycles. The number of fused-ring (bicyclic) bond motifs is 1. The Hall–Kier alpha value is -3.13. The number of aryl methyl sites for hydroxylation is 2. The first kappa shape index (κ1) is 14.8. The Balaban J connectivity index is 2.30. The molecule has 0 aliphatic heterocycles. The lowest BCUT2D eigenvalue weighted by Crippen LogP contribution is -2.23. The van der Waals surface area contributed by atoms with Crippen molar-refractivity contribution in [3.8, 4) is 17.5 Å². The van der Waals surface area contributed by atoms with Crippen molar-refractivity contribution in [3.63, 3.8) is 0 Å². The second-order valence-corrected chi connectivity index (χ2v) is 5.19. The van der Waals surface area contributed by atoms with Crippen LogP contribution in [0.15, 0.2) is 47.3 Å². The van der Waals surface area contributed by atoms with Crippen LogP contribution in [0, 0.1) is 25.2 Å². The van der Waals surface area contributed by atoms with Crippen molar-refractivity contribution in [1.29, 1.82) is 5.26 Å². The highest BCUT2D eigenvalue weighted by molar-refractivity contribution is 5.84. The zero-order valence-electron chi connectivity index (χ0n) is 12.9. The van der Waals surface area contributed by atoms with Crippen molar-refractivity contribution in [3.05, 3.63) is 64.2 Å². The highest BCUT2D eigenvalue weighted by atomic mass is 16.5. The van der Waals surface area contributed by atoms with Gasteiger partial charge in [0, 0.05) is 0 Å². The van der Waals surface area contributed by atoms with Gasteiger partial charge in [-0.3, -0.25) is 9.36 Å². The van der Waals surface area contributed by atoms with Crippen molar-refractivity contribution < 1.29 is 4.74 Å². The summed E-state index contributed by atoms with van der Waals surface area (Å²) in [7, 11) is 0. The second kappa shape index (κ2) is 5.93. The topological polar surface area (TPSA) is 67.9 Å². The second-order valence-electron chi connectivity index (χ2n) is 5.19. The Bertz CT molecular complexity index is 984. The van der Waals surface area contributed by atoms with E-state index in [-0.39, 0.29) is 12.2 Å². The number of hydrogen-bond acceptors (Lipinski definition) is 4. The summed E-state index contributed by atoms with van der Waals surface area (Å²) in [5, 5.41) is 9.14. The van der Waals surface area contributed by atoms with E-state index < -0.39 is 0 Å². The summed E-state index contributed by atoms with van der Waals surface area (Å²) >= 11 is 0. The zero-order chi connectivity index (χ0) is 16.4. The SMILES string of the molecule is Cc1ccccc1-n1c(C)nc2c(OCC#N)cccc2c1=O. The number of benzene rings is 2. The summed E-state index contributed by atoms with van der Waals surface area (Å²) in [6.45, 7) is 3.66. The Morgan fingerprint density at radius 1 is 1.17 bits per heavy atom. The molecule has 0 bridgehead atoms. The first-order valence-electron chi connectivity index (χ1n) is 7.21. The van der Waals surface area contributed by atoms with Crippen LogP contribution in [0.2, 0.25) is 0 Å². The van der Waals surface area contributed by atoms with E-state index in [1.165, 1.54) is 0 Å². The van der Waals surface area contributed by atoms with E-state index in [4.69, 9.17) is 10.00 Å². The van der Waals surface area contributed by atoms with Gasteiger partial charge >= 0.3 is 0 Å². The van der Waals surface area contributed by atoms with Crippen LogP contribution in [-0.4, -0.2) is 16.2 Å². The first-order chi connectivity index (χ1) is 11.1. The summed E-state index contributed by atoms with van der Waals surface area (Å²) in [6.07, 6.45) is 0. The number of ether oxygens (including phenoxy) is 1. The van der Waals surface area contributed by atoms with Gasteiger partial charge in [-0.1, -0.05) is 24.3 Å². The Morgan fingerprint density at radius 3 is 2.70 bits per heavy atom. The molecule has 0 saturated heterocycles. The smallest absolute Gasteiger partial charge is 0.266 e. The number of nitriles is 1. The van der Waals surface area contributed by atoms with E-state index in [9.17, 15) is 4.79 Å². The predicted octanol–water partition coefficient (Wildman–Crippen LogP) is 2.90. The average Bonchev–Trinajstić information content (AvgIpc) is 2.55. The summed E-state index contributed by atoms with van der Waals surface area (Å²) in [5.41, 5.74) is 2.14. The normalized spacial score (nSPS) is 10.5. The lowest BCUT2D eigenvalue weighted by Gasteiger charge is -2.14. The molecule has 0 aliphatic carbocycles. The summed E-state index contributed by atoms with van der Waals surface area (Å²) < 4.78 is 6.98. The van der Waals surface area contributed by atoms with Gasteiger partial charge in [-0.05, 0) is 37.6 Å². The van der Waals surface area contributed by atoms with Gasteiger partial charge in [0.15, 0.2) is 6.61 Å². The Morgan fingerprint density at radius 2 is 1.96 bits per heavy atom. The van der Waals surface area contributed by atoms with Crippen molar-refractivity contribution in [2.24, 2.45) is 0 Å². The maximum atomic E-state index is 12.9. The molecule has 3 aromatic rings. The van der Waals surface area contributed by atoms with E-state index in [1.807, 2.05) is 37.3 Å². The molecule has 23 heavy (non-hydrogen) atoms. The summed E-state index contributed by atoms with van der Waals surface area (Å²) in [4.78, 5) is 17.5. The van der Waals surface area contributed by atoms with E-state index in [0.29, 0.717) is 22.5 Å². The first-order valence-corrected chi connectivity index (χ1v) is 7.21. The van der Waals surface area contributed by atoms with Gasteiger partial charge in [-0.25, -0.2) is 4.98 Å². The molecule has 2 aromatic carbocycles. The van der Waals surface area contributed by atoms with E-state index in [0.717, 1.165) is 11.3 Å². The van der Waals surface area contributed by atoms with E-state index >= 15 is 0 Å². The van der Waals surface area contributed by atoms with Crippen LogP contribution < -0.4 is 10.3 Å². The Labute approximate surface area is 133 Å². The molecule has 0 unspecified atom stereocenters. The lowest BCUT2D eigenvalue weighted by molar-refractivity contribution is 0.371. The molecule has 5 heteroatoms.